The topological polar surface area (TPSA) is 46.3 Å². The lowest BCUT2D eigenvalue weighted by molar-refractivity contribution is -0.117. The molecule has 0 aromatic heterocycles. The fraction of sp³-hybridized carbons (Fsp3) is 0.500. The van der Waals surface area contributed by atoms with Gasteiger partial charge in [0.05, 0.1) is 12.5 Å². The Morgan fingerprint density at radius 1 is 1.33 bits per heavy atom. The zero-order valence-electron chi connectivity index (χ0n) is 13.7. The van der Waals surface area contributed by atoms with E-state index in [1.165, 1.54) is 12.1 Å². The molecule has 128 valence electrons. The van der Waals surface area contributed by atoms with E-state index in [1.54, 1.807) is 18.7 Å². The molecule has 3 aliphatic rings. The summed E-state index contributed by atoms with van der Waals surface area (Å²) in [4.78, 5) is 13.8. The summed E-state index contributed by atoms with van der Waals surface area (Å²) in [6.45, 7) is 4.28. The van der Waals surface area contributed by atoms with Gasteiger partial charge in [0.25, 0.3) is 0 Å². The van der Waals surface area contributed by atoms with Crippen LogP contribution in [0.25, 0.3) is 0 Å². The Labute approximate surface area is 144 Å². The molecule has 4 rings (SSSR count). The first-order chi connectivity index (χ1) is 11.3. The second-order valence-corrected chi connectivity index (χ2v) is 8.85. The van der Waals surface area contributed by atoms with Crippen molar-refractivity contribution < 1.29 is 13.6 Å². The fourth-order valence-corrected chi connectivity index (χ4v) is 5.21. The van der Waals surface area contributed by atoms with Gasteiger partial charge in [-0.25, -0.2) is 8.78 Å². The predicted molar refractivity (Wildman–Crippen MR) is 92.0 cm³/mol. The van der Waals surface area contributed by atoms with E-state index < -0.39 is 17.6 Å². The summed E-state index contributed by atoms with van der Waals surface area (Å²) in [5, 5.41) is 0. The predicted octanol–water partition coefficient (Wildman–Crippen LogP) is 3.69. The average molecular weight is 350 g/mol. The van der Waals surface area contributed by atoms with Crippen LogP contribution in [-0.4, -0.2) is 22.1 Å². The Bertz CT molecular complexity index is 757. The molecule has 1 aromatic carbocycles. The molecule has 1 aliphatic carbocycles. The molecule has 2 N–H and O–H groups in total. The third-order valence-corrected chi connectivity index (χ3v) is 7.28. The first-order valence-electron chi connectivity index (χ1n) is 8.23. The third-order valence-electron chi connectivity index (χ3n) is 5.61. The van der Waals surface area contributed by atoms with Gasteiger partial charge >= 0.3 is 0 Å². The number of ketones is 1. The molecule has 0 radical (unpaired) electrons. The summed E-state index contributed by atoms with van der Waals surface area (Å²) in [6.07, 6.45) is 3.86. The highest BCUT2D eigenvalue weighted by Gasteiger charge is 2.76. The Morgan fingerprint density at radius 2 is 2.00 bits per heavy atom. The molecular formula is C18H20F2N2OS. The van der Waals surface area contributed by atoms with E-state index in [1.807, 2.05) is 17.9 Å². The highest BCUT2D eigenvalue weighted by molar-refractivity contribution is 8.10. The number of allylic oxidation sites excluding steroid dienone is 2. The Hall–Kier alpha value is -1.40. The zero-order chi connectivity index (χ0) is 17.3. The number of nitrogens with two attached hydrogens (primary N) is 1. The maximum atomic E-state index is 14.7. The minimum absolute atomic E-state index is 0.0912. The first kappa shape index (κ1) is 16.1. The molecule has 2 unspecified atom stereocenters. The number of Topliss-reactive ketones (excluding diaryl/α,β-unsaturated/α-hetero) is 1. The van der Waals surface area contributed by atoms with E-state index in [4.69, 9.17) is 5.73 Å². The number of halogens is 2. The number of hydrogen-bond acceptors (Lipinski definition) is 4. The lowest BCUT2D eigenvalue weighted by Gasteiger charge is -2.43. The molecule has 3 nitrogen and oxygen atoms in total. The van der Waals surface area contributed by atoms with Crippen molar-refractivity contribution in [2.45, 2.75) is 48.8 Å². The number of hydrogen-bond donors (Lipinski definition) is 1. The molecule has 24 heavy (non-hydrogen) atoms. The summed E-state index contributed by atoms with van der Waals surface area (Å²) in [7, 11) is 0. The summed E-state index contributed by atoms with van der Waals surface area (Å²) in [5.41, 5.74) is 7.11. The number of fused-ring (bicyclic) bond motifs is 1. The number of nitrogens with zero attached hydrogens (tertiary/aromatic N) is 1. The van der Waals surface area contributed by atoms with Crippen LogP contribution < -0.4 is 10.6 Å². The van der Waals surface area contributed by atoms with Gasteiger partial charge in [-0.2, -0.15) is 0 Å². The van der Waals surface area contributed by atoms with E-state index >= 15 is 0 Å². The van der Waals surface area contributed by atoms with Crippen molar-refractivity contribution in [3.05, 3.63) is 41.0 Å². The normalized spacial score (nSPS) is 35.0. The molecule has 6 heteroatoms. The second kappa shape index (κ2) is 5.05. The van der Waals surface area contributed by atoms with Gasteiger partial charge in [-0.05, 0) is 50.8 Å². The lowest BCUT2D eigenvalue weighted by atomic mass is 9.87. The van der Waals surface area contributed by atoms with Crippen molar-refractivity contribution in [2.75, 3.05) is 11.4 Å². The van der Waals surface area contributed by atoms with Crippen LogP contribution in [0.3, 0.4) is 0 Å². The highest BCUT2D eigenvalue weighted by atomic mass is 32.2. The second-order valence-electron chi connectivity index (χ2n) is 7.12. The summed E-state index contributed by atoms with van der Waals surface area (Å²) < 4.78 is 29.5. The lowest BCUT2D eigenvalue weighted by Crippen LogP contribution is -2.63. The van der Waals surface area contributed by atoms with Crippen molar-refractivity contribution in [3.63, 3.8) is 0 Å². The van der Waals surface area contributed by atoms with Gasteiger partial charge < -0.3 is 10.6 Å². The Kier molecular flexibility index (Phi) is 3.39. The van der Waals surface area contributed by atoms with Gasteiger partial charge in [-0.15, -0.1) is 11.8 Å². The van der Waals surface area contributed by atoms with Gasteiger partial charge in [-0.1, -0.05) is 6.08 Å². The van der Waals surface area contributed by atoms with E-state index in [2.05, 4.69) is 0 Å². The molecule has 0 saturated carbocycles. The van der Waals surface area contributed by atoms with Crippen molar-refractivity contribution in [1.29, 1.82) is 0 Å². The number of carbonyl (C=O) groups is 1. The smallest absolute Gasteiger partial charge is 0.165 e. The molecule has 2 fully saturated rings. The Balaban J connectivity index is 1.68. The number of rotatable bonds is 2. The van der Waals surface area contributed by atoms with E-state index in [-0.39, 0.29) is 21.1 Å². The van der Waals surface area contributed by atoms with Crippen LogP contribution in [-0.2, 0) is 4.79 Å². The summed E-state index contributed by atoms with van der Waals surface area (Å²) in [5.74, 6) is -2.18. The fourth-order valence-electron chi connectivity index (χ4n) is 3.91. The van der Waals surface area contributed by atoms with Gasteiger partial charge in [0.1, 0.15) is 21.4 Å². The summed E-state index contributed by atoms with van der Waals surface area (Å²) >= 11 is 1.61. The van der Waals surface area contributed by atoms with Crippen LogP contribution in [0.2, 0.25) is 0 Å². The van der Waals surface area contributed by atoms with Crippen molar-refractivity contribution in [1.82, 2.24) is 0 Å². The van der Waals surface area contributed by atoms with Gasteiger partial charge in [0.15, 0.2) is 5.78 Å². The van der Waals surface area contributed by atoms with E-state index in [0.717, 1.165) is 12.8 Å². The minimum Gasteiger partial charge on any atom is -0.351 e. The highest BCUT2D eigenvalue weighted by Crippen LogP contribution is 2.70. The van der Waals surface area contributed by atoms with E-state index in [9.17, 15) is 13.6 Å². The molecule has 2 heterocycles. The van der Waals surface area contributed by atoms with Crippen LogP contribution in [0.4, 0.5) is 14.5 Å². The Morgan fingerprint density at radius 3 is 2.54 bits per heavy atom. The number of carbonyl (C=O) groups excluding carboxylic acids is 1. The molecule has 0 bridgehead atoms. The molecular weight excluding hydrogens is 330 g/mol. The van der Waals surface area contributed by atoms with Crippen LogP contribution in [0.5, 0.6) is 0 Å². The zero-order valence-corrected chi connectivity index (χ0v) is 14.6. The quantitative estimate of drug-likeness (QED) is 0.827. The number of thioether (sulfide) groups is 1. The van der Waals surface area contributed by atoms with Crippen LogP contribution >= 0.6 is 11.8 Å². The maximum absolute atomic E-state index is 14.7. The molecule has 2 aliphatic heterocycles. The SMILES string of the molecule is CC1=CCCCC(c2c(F)cc(N3C[C@@]4(N)SC34C)cc2F)C1=O. The minimum atomic E-state index is -0.728. The molecule has 2 saturated heterocycles. The van der Waals surface area contributed by atoms with Gasteiger partial charge in [0.2, 0.25) is 0 Å². The standard InChI is InChI=1S/C18H20F2N2OS/c1-10-5-3-4-6-12(16(10)23)15-13(19)7-11(8-14(15)20)22-9-18(21)17(22,2)24-18/h5,7-8,12H,3-4,6,9,21H2,1-2H3/t12?,17?,18-/m1/s1. The van der Waals surface area contributed by atoms with Crippen molar-refractivity contribution in [3.8, 4) is 0 Å². The van der Waals surface area contributed by atoms with Crippen LogP contribution in [0.15, 0.2) is 23.8 Å². The molecule has 0 spiro atoms. The van der Waals surface area contributed by atoms with Gasteiger partial charge in [-0.3, -0.25) is 4.79 Å². The molecule has 3 atom stereocenters. The first-order valence-corrected chi connectivity index (χ1v) is 9.05. The molecule has 0 amide bonds. The average Bonchev–Trinajstić information content (AvgIpc) is 3.00. The van der Waals surface area contributed by atoms with Crippen LogP contribution in [0.1, 0.15) is 44.6 Å². The molecule has 1 aromatic rings. The van der Waals surface area contributed by atoms with Gasteiger partial charge in [0, 0.05) is 11.3 Å². The maximum Gasteiger partial charge on any atom is 0.165 e. The van der Waals surface area contributed by atoms with E-state index in [0.29, 0.717) is 24.2 Å². The number of benzene rings is 1. The van der Waals surface area contributed by atoms with Crippen LogP contribution in [0, 0.1) is 11.6 Å². The largest absolute Gasteiger partial charge is 0.351 e. The number of anilines is 1. The van der Waals surface area contributed by atoms with Crippen molar-refractivity contribution in [2.24, 2.45) is 5.73 Å². The third kappa shape index (κ3) is 2.09. The van der Waals surface area contributed by atoms with Crippen molar-refractivity contribution >= 4 is 23.2 Å². The monoisotopic (exact) mass is 350 g/mol. The summed E-state index contributed by atoms with van der Waals surface area (Å²) in [6, 6.07) is 2.69.